The minimum absolute atomic E-state index is 0.117. The molecule has 4 aromatic rings. The van der Waals surface area contributed by atoms with E-state index in [1.165, 1.54) is 21.0 Å². The van der Waals surface area contributed by atoms with E-state index in [1.54, 1.807) is 48.8 Å². The molecule has 0 unspecified atom stereocenters. The van der Waals surface area contributed by atoms with Gasteiger partial charge in [-0.1, -0.05) is 11.6 Å². The van der Waals surface area contributed by atoms with Crippen LogP contribution in [0, 0.1) is 11.8 Å². The Balaban J connectivity index is 1.25. The number of hydrogen-bond acceptors (Lipinski definition) is 8. The molecule has 2 aromatic heterocycles. The molecule has 7 rings (SSSR count). The van der Waals surface area contributed by atoms with Gasteiger partial charge in [0.1, 0.15) is 5.60 Å². The summed E-state index contributed by atoms with van der Waals surface area (Å²) in [6.07, 6.45) is -0.521. The summed E-state index contributed by atoms with van der Waals surface area (Å²) < 4.78 is 14.2. The van der Waals surface area contributed by atoms with Crippen molar-refractivity contribution >= 4 is 61.6 Å². The average Bonchev–Trinajstić information content (AvgIpc) is 3.60. The van der Waals surface area contributed by atoms with Gasteiger partial charge in [-0.3, -0.25) is 14.4 Å². The molecule has 5 heterocycles. The fourth-order valence-electron chi connectivity index (χ4n) is 6.34. The number of imide groups is 1. The van der Waals surface area contributed by atoms with Crippen molar-refractivity contribution in [2.24, 2.45) is 11.8 Å². The van der Waals surface area contributed by atoms with Crippen molar-refractivity contribution in [2.75, 3.05) is 4.90 Å². The third-order valence-corrected chi connectivity index (χ3v) is 9.06. The molecule has 5 atom stereocenters. The molecular formula is C25H20ClN3O6S. The summed E-state index contributed by atoms with van der Waals surface area (Å²) in [6.45, 7) is 1.81. The molecule has 1 N–H and O–H groups in total. The van der Waals surface area contributed by atoms with Crippen molar-refractivity contribution in [2.45, 2.75) is 43.6 Å². The van der Waals surface area contributed by atoms with Crippen LogP contribution in [0.5, 0.6) is 0 Å². The van der Waals surface area contributed by atoms with Crippen LogP contribution in [0.1, 0.15) is 19.8 Å². The Morgan fingerprint density at radius 3 is 2.81 bits per heavy atom. The molecule has 3 aliphatic rings. The summed E-state index contributed by atoms with van der Waals surface area (Å²) >= 11 is 7.46. The Kier molecular flexibility index (Phi) is 4.47. The van der Waals surface area contributed by atoms with Crippen molar-refractivity contribution in [1.29, 1.82) is 0 Å². The number of amides is 2. The first-order valence-corrected chi connectivity index (χ1v) is 12.9. The van der Waals surface area contributed by atoms with E-state index in [1.807, 2.05) is 0 Å². The molecule has 0 radical (unpaired) electrons. The highest BCUT2D eigenvalue weighted by Crippen LogP contribution is 2.62. The molecule has 0 aliphatic carbocycles. The van der Waals surface area contributed by atoms with Crippen molar-refractivity contribution in [3.63, 3.8) is 0 Å². The van der Waals surface area contributed by atoms with Crippen LogP contribution >= 0.6 is 22.9 Å². The Labute approximate surface area is 212 Å². The number of carbonyl (C=O) groups is 2. The van der Waals surface area contributed by atoms with Crippen molar-refractivity contribution in [1.82, 2.24) is 9.72 Å². The average molecular weight is 526 g/mol. The molecule has 2 amide bonds. The van der Waals surface area contributed by atoms with Crippen LogP contribution in [0.15, 0.2) is 51.2 Å². The van der Waals surface area contributed by atoms with E-state index < -0.39 is 29.1 Å². The van der Waals surface area contributed by atoms with E-state index >= 15 is 0 Å². The van der Waals surface area contributed by atoms with Gasteiger partial charge in [0.2, 0.25) is 11.8 Å². The number of ether oxygens (including phenoxy) is 1. The lowest BCUT2D eigenvalue weighted by atomic mass is 9.66. The first-order chi connectivity index (χ1) is 17.2. The Morgan fingerprint density at radius 2 is 1.97 bits per heavy atom. The molecule has 3 aliphatic heterocycles. The van der Waals surface area contributed by atoms with Gasteiger partial charge >= 0.3 is 0 Å². The number of carbonyl (C=O) groups excluding carboxylic acids is 2. The zero-order chi connectivity index (χ0) is 25.0. The maximum absolute atomic E-state index is 13.8. The summed E-state index contributed by atoms with van der Waals surface area (Å²) in [5, 5.41) is 11.7. The van der Waals surface area contributed by atoms with Crippen LogP contribution in [-0.4, -0.2) is 44.0 Å². The lowest BCUT2D eigenvalue weighted by Gasteiger charge is -2.33. The van der Waals surface area contributed by atoms with E-state index in [2.05, 4.69) is 4.98 Å². The molecule has 184 valence electrons. The summed E-state index contributed by atoms with van der Waals surface area (Å²) in [5.74, 6) is -2.33. The number of aliphatic hydroxyl groups excluding tert-OH is 1. The topological polar surface area (TPSA) is 115 Å². The summed E-state index contributed by atoms with van der Waals surface area (Å²) in [7, 11) is 0. The van der Waals surface area contributed by atoms with E-state index in [0.29, 0.717) is 21.7 Å². The standard InChI is InChI=1S/C25H20ClN3O6S/c1-24-18(30)10-25(35-24,6-7-28-21(31)14-8-12(26)2-5-16(14)34-28)20-19(24)22(32)29(23(20)33)13-3-4-15-17(9-13)36-11-27-15/h2-5,8-9,11,18-20,30H,6-7,10H2,1H3/t18-,19-,20+,24-,25+/m0/s1. The van der Waals surface area contributed by atoms with Gasteiger partial charge in [0.15, 0.2) is 5.58 Å². The maximum Gasteiger partial charge on any atom is 0.290 e. The molecule has 3 saturated heterocycles. The Hall–Kier alpha value is -3.05. The number of fused-ring (bicyclic) bond motifs is 7. The van der Waals surface area contributed by atoms with E-state index in [-0.39, 0.29) is 36.8 Å². The number of rotatable bonds is 4. The molecule has 36 heavy (non-hydrogen) atoms. The summed E-state index contributed by atoms with van der Waals surface area (Å²) in [4.78, 5) is 45.8. The van der Waals surface area contributed by atoms with Crippen LogP contribution in [0.2, 0.25) is 5.02 Å². The van der Waals surface area contributed by atoms with E-state index in [9.17, 15) is 19.5 Å². The molecule has 11 heteroatoms. The van der Waals surface area contributed by atoms with Gasteiger partial charge in [-0.2, -0.15) is 4.74 Å². The fraction of sp³-hybridized carbons (Fsp3) is 0.360. The van der Waals surface area contributed by atoms with Crippen molar-refractivity contribution < 1.29 is 24.0 Å². The SMILES string of the molecule is C[C@]12O[C@](CCn3oc4ccc(Cl)cc4c3=O)(C[C@@H]1O)[C@H]1C(=O)N(c3ccc4ncsc4c3)C(=O)[C@H]12. The molecule has 0 saturated carbocycles. The second-order valence-electron chi connectivity index (χ2n) is 9.93. The van der Waals surface area contributed by atoms with Crippen LogP contribution in [0.3, 0.4) is 0 Å². The first kappa shape index (κ1) is 22.2. The second kappa shape index (κ2) is 7.25. The number of halogens is 1. The van der Waals surface area contributed by atoms with Crippen LogP contribution in [0.4, 0.5) is 5.69 Å². The quantitative estimate of drug-likeness (QED) is 0.406. The normalized spacial score (nSPS) is 31.3. The van der Waals surface area contributed by atoms with Gasteiger partial charge in [0.05, 0.1) is 56.9 Å². The number of aliphatic hydroxyl groups is 1. The van der Waals surface area contributed by atoms with E-state index in [4.69, 9.17) is 20.9 Å². The number of hydrogen-bond donors (Lipinski definition) is 1. The van der Waals surface area contributed by atoms with Crippen LogP contribution in [-0.2, 0) is 20.9 Å². The van der Waals surface area contributed by atoms with Crippen molar-refractivity contribution in [3.8, 4) is 0 Å². The zero-order valence-corrected chi connectivity index (χ0v) is 20.6. The lowest BCUT2D eigenvalue weighted by molar-refractivity contribution is -0.134. The number of nitrogens with zero attached hydrogens (tertiary/aromatic N) is 3. The number of anilines is 1. The number of aryl methyl sites for hydroxylation is 1. The summed E-state index contributed by atoms with van der Waals surface area (Å²) in [6, 6.07) is 10.1. The molecule has 3 fully saturated rings. The number of aromatic nitrogens is 2. The van der Waals surface area contributed by atoms with Gasteiger partial charge < -0.3 is 14.4 Å². The zero-order valence-electron chi connectivity index (χ0n) is 19.0. The third-order valence-electron chi connectivity index (χ3n) is 8.03. The number of benzene rings is 2. The minimum Gasteiger partial charge on any atom is -0.390 e. The van der Waals surface area contributed by atoms with Gasteiger partial charge in [0.25, 0.3) is 5.56 Å². The Bertz CT molecular complexity index is 1660. The van der Waals surface area contributed by atoms with Crippen molar-refractivity contribution in [3.05, 3.63) is 57.3 Å². The van der Waals surface area contributed by atoms with Crippen LogP contribution < -0.4 is 10.5 Å². The van der Waals surface area contributed by atoms with Gasteiger partial charge in [-0.25, -0.2) is 9.88 Å². The van der Waals surface area contributed by atoms with Crippen LogP contribution in [0.25, 0.3) is 21.2 Å². The summed E-state index contributed by atoms with van der Waals surface area (Å²) in [5.41, 5.74) is 0.744. The molecule has 0 spiro atoms. The predicted molar refractivity (Wildman–Crippen MR) is 132 cm³/mol. The van der Waals surface area contributed by atoms with Gasteiger partial charge in [0, 0.05) is 11.4 Å². The monoisotopic (exact) mass is 525 g/mol. The molecule has 2 aromatic carbocycles. The smallest absolute Gasteiger partial charge is 0.290 e. The fourth-order valence-corrected chi connectivity index (χ4v) is 7.23. The predicted octanol–water partition coefficient (Wildman–Crippen LogP) is 3.35. The highest BCUT2D eigenvalue weighted by atomic mass is 35.5. The molecule has 9 nitrogen and oxygen atoms in total. The highest BCUT2D eigenvalue weighted by molar-refractivity contribution is 7.16. The van der Waals surface area contributed by atoms with Gasteiger partial charge in [-0.05, 0) is 49.7 Å². The minimum atomic E-state index is -1.20. The second-order valence-corrected chi connectivity index (χ2v) is 11.3. The molecule has 2 bridgehead atoms. The highest BCUT2D eigenvalue weighted by Gasteiger charge is 2.76. The molecular weight excluding hydrogens is 506 g/mol. The van der Waals surface area contributed by atoms with E-state index in [0.717, 1.165) is 10.2 Å². The Morgan fingerprint density at radius 1 is 1.17 bits per heavy atom. The lowest BCUT2D eigenvalue weighted by Crippen LogP contribution is -2.49. The maximum atomic E-state index is 13.8. The van der Waals surface area contributed by atoms with Gasteiger partial charge in [-0.15, -0.1) is 11.3 Å². The largest absolute Gasteiger partial charge is 0.390 e. The number of thiazole rings is 1. The third kappa shape index (κ3) is 2.78. The first-order valence-electron chi connectivity index (χ1n) is 11.6.